The fourth-order valence-electron chi connectivity index (χ4n) is 2.79. The first-order valence-corrected chi connectivity index (χ1v) is 11.1. The van der Waals surface area contributed by atoms with Crippen molar-refractivity contribution >= 4 is 21.6 Å². The molecule has 2 rings (SSSR count). The number of carbonyl (C=O) groups is 1. The summed E-state index contributed by atoms with van der Waals surface area (Å²) in [5.74, 6) is 0.306. The van der Waals surface area contributed by atoms with Crippen molar-refractivity contribution in [3.05, 3.63) is 53.6 Å². The highest BCUT2D eigenvalue weighted by Gasteiger charge is 2.27. The molecular formula is C21H28N2O5S. The number of hydrogen-bond donors (Lipinski definition) is 1. The number of amides is 1. The Hall–Kier alpha value is -2.74. The van der Waals surface area contributed by atoms with E-state index >= 15 is 0 Å². The van der Waals surface area contributed by atoms with Crippen LogP contribution in [0.5, 0.6) is 11.5 Å². The standard InChI is InChI=1S/C21H28N2O5S/c1-6-15(2)22-21(24)17-12-19(27-3)20(28-4)13-18(17)23(29(5,25)26)14-16-10-8-7-9-11-16/h7-13,15H,6,14H2,1-5H3,(H,22,24)/t15-/m1/s1. The van der Waals surface area contributed by atoms with Gasteiger partial charge in [-0.25, -0.2) is 8.42 Å². The van der Waals surface area contributed by atoms with E-state index in [1.165, 1.54) is 30.7 Å². The number of methoxy groups -OCH3 is 2. The minimum atomic E-state index is -3.69. The third kappa shape index (κ3) is 5.63. The molecule has 0 heterocycles. The van der Waals surface area contributed by atoms with E-state index in [0.717, 1.165) is 18.2 Å². The average molecular weight is 421 g/mol. The maximum absolute atomic E-state index is 13.0. The van der Waals surface area contributed by atoms with Crippen molar-refractivity contribution in [2.75, 3.05) is 24.8 Å². The number of nitrogens with one attached hydrogen (secondary N) is 1. The van der Waals surface area contributed by atoms with Gasteiger partial charge in [-0.2, -0.15) is 0 Å². The van der Waals surface area contributed by atoms with Crippen molar-refractivity contribution in [1.29, 1.82) is 0 Å². The van der Waals surface area contributed by atoms with Gasteiger partial charge in [0.15, 0.2) is 11.5 Å². The smallest absolute Gasteiger partial charge is 0.253 e. The Morgan fingerprint density at radius 1 is 1.10 bits per heavy atom. The van der Waals surface area contributed by atoms with Gasteiger partial charge in [0, 0.05) is 12.1 Å². The number of benzene rings is 2. The monoisotopic (exact) mass is 420 g/mol. The lowest BCUT2D eigenvalue weighted by Crippen LogP contribution is -2.35. The molecule has 2 aromatic rings. The second-order valence-corrected chi connectivity index (χ2v) is 8.67. The third-order valence-corrected chi connectivity index (χ3v) is 5.70. The molecule has 158 valence electrons. The lowest BCUT2D eigenvalue weighted by atomic mass is 10.1. The molecule has 0 fully saturated rings. The molecule has 0 saturated heterocycles. The predicted molar refractivity (Wildman–Crippen MR) is 114 cm³/mol. The van der Waals surface area contributed by atoms with Crippen LogP contribution in [0.3, 0.4) is 0 Å². The largest absolute Gasteiger partial charge is 0.493 e. The fraction of sp³-hybridized carbons (Fsp3) is 0.381. The van der Waals surface area contributed by atoms with Gasteiger partial charge >= 0.3 is 0 Å². The molecule has 0 bridgehead atoms. The Morgan fingerprint density at radius 3 is 2.21 bits per heavy atom. The fourth-order valence-corrected chi connectivity index (χ4v) is 3.68. The Balaban J connectivity index is 2.65. The molecule has 0 spiro atoms. The van der Waals surface area contributed by atoms with Gasteiger partial charge in [0.2, 0.25) is 10.0 Å². The zero-order valence-corrected chi connectivity index (χ0v) is 18.2. The molecule has 0 saturated carbocycles. The van der Waals surface area contributed by atoms with Gasteiger partial charge in [-0.15, -0.1) is 0 Å². The van der Waals surface area contributed by atoms with Crippen LogP contribution < -0.4 is 19.1 Å². The second-order valence-electron chi connectivity index (χ2n) is 6.76. The number of nitrogens with zero attached hydrogens (tertiary/aromatic N) is 1. The van der Waals surface area contributed by atoms with E-state index in [1.807, 2.05) is 44.2 Å². The first-order valence-electron chi connectivity index (χ1n) is 9.29. The summed E-state index contributed by atoms with van der Waals surface area (Å²) in [5.41, 5.74) is 1.22. The van der Waals surface area contributed by atoms with Crippen LogP contribution in [-0.2, 0) is 16.6 Å². The van der Waals surface area contributed by atoms with Gasteiger partial charge < -0.3 is 14.8 Å². The summed E-state index contributed by atoms with van der Waals surface area (Å²) in [4.78, 5) is 13.0. The van der Waals surface area contributed by atoms with E-state index < -0.39 is 10.0 Å². The summed E-state index contributed by atoms with van der Waals surface area (Å²) < 4.78 is 37.2. The van der Waals surface area contributed by atoms with Crippen molar-refractivity contribution in [2.45, 2.75) is 32.9 Å². The molecule has 1 amide bonds. The minimum Gasteiger partial charge on any atom is -0.493 e. The molecule has 7 nitrogen and oxygen atoms in total. The zero-order valence-electron chi connectivity index (χ0n) is 17.4. The third-order valence-electron chi connectivity index (χ3n) is 4.57. The predicted octanol–water partition coefficient (Wildman–Crippen LogP) is 3.20. The van der Waals surface area contributed by atoms with E-state index in [0.29, 0.717) is 11.5 Å². The summed E-state index contributed by atoms with van der Waals surface area (Å²) in [6, 6.07) is 12.2. The average Bonchev–Trinajstić information content (AvgIpc) is 2.70. The molecule has 1 atom stereocenters. The van der Waals surface area contributed by atoms with Crippen molar-refractivity contribution in [2.24, 2.45) is 0 Å². The zero-order chi connectivity index (χ0) is 21.6. The summed E-state index contributed by atoms with van der Waals surface area (Å²) in [7, 11) is -0.769. The van der Waals surface area contributed by atoms with E-state index in [2.05, 4.69) is 5.32 Å². The minimum absolute atomic E-state index is 0.0655. The molecule has 0 aliphatic carbocycles. The number of sulfonamides is 1. The number of anilines is 1. The molecule has 0 radical (unpaired) electrons. The second kappa shape index (κ2) is 9.65. The lowest BCUT2D eigenvalue weighted by Gasteiger charge is -2.26. The van der Waals surface area contributed by atoms with Crippen LogP contribution in [0.25, 0.3) is 0 Å². The van der Waals surface area contributed by atoms with E-state index in [4.69, 9.17) is 9.47 Å². The summed E-state index contributed by atoms with van der Waals surface area (Å²) in [5, 5.41) is 2.89. The highest BCUT2D eigenvalue weighted by molar-refractivity contribution is 7.92. The molecule has 8 heteroatoms. The summed E-state index contributed by atoms with van der Waals surface area (Å²) in [6.07, 6.45) is 1.86. The first-order chi connectivity index (χ1) is 13.7. The van der Waals surface area contributed by atoms with Crippen molar-refractivity contribution < 1.29 is 22.7 Å². The Kier molecular flexibility index (Phi) is 7.50. The quantitative estimate of drug-likeness (QED) is 0.673. The molecular weight excluding hydrogens is 392 g/mol. The topological polar surface area (TPSA) is 84.9 Å². The number of rotatable bonds is 9. The molecule has 1 N–H and O–H groups in total. The van der Waals surface area contributed by atoms with Crippen LogP contribution in [0, 0.1) is 0 Å². The van der Waals surface area contributed by atoms with Gasteiger partial charge in [0.05, 0.1) is 38.3 Å². The molecule has 2 aromatic carbocycles. The van der Waals surface area contributed by atoms with Gasteiger partial charge in [-0.3, -0.25) is 9.10 Å². The van der Waals surface area contributed by atoms with E-state index in [9.17, 15) is 13.2 Å². The van der Waals surface area contributed by atoms with Crippen LogP contribution in [-0.4, -0.2) is 40.8 Å². The van der Waals surface area contributed by atoms with E-state index in [-0.39, 0.29) is 29.7 Å². The summed E-state index contributed by atoms with van der Waals surface area (Å²) in [6.45, 7) is 3.92. The van der Waals surface area contributed by atoms with Crippen molar-refractivity contribution in [3.63, 3.8) is 0 Å². The normalized spacial score (nSPS) is 12.2. The van der Waals surface area contributed by atoms with Gasteiger partial charge in [0.1, 0.15) is 0 Å². The van der Waals surface area contributed by atoms with Crippen LogP contribution >= 0.6 is 0 Å². The van der Waals surface area contributed by atoms with Crippen LogP contribution in [0.2, 0.25) is 0 Å². The molecule has 0 aliphatic rings. The maximum atomic E-state index is 13.0. The van der Waals surface area contributed by atoms with Gasteiger partial charge in [-0.05, 0) is 25.0 Å². The van der Waals surface area contributed by atoms with Crippen LogP contribution in [0.4, 0.5) is 5.69 Å². The van der Waals surface area contributed by atoms with Crippen LogP contribution in [0.15, 0.2) is 42.5 Å². The number of hydrogen-bond acceptors (Lipinski definition) is 5. The number of carbonyl (C=O) groups excluding carboxylic acids is 1. The lowest BCUT2D eigenvalue weighted by molar-refractivity contribution is 0.0939. The molecule has 0 aliphatic heterocycles. The molecule has 0 aromatic heterocycles. The van der Waals surface area contributed by atoms with Crippen molar-refractivity contribution in [1.82, 2.24) is 5.32 Å². The maximum Gasteiger partial charge on any atom is 0.253 e. The number of ether oxygens (including phenoxy) is 2. The summed E-state index contributed by atoms with van der Waals surface area (Å²) >= 11 is 0. The van der Waals surface area contributed by atoms with Crippen molar-refractivity contribution in [3.8, 4) is 11.5 Å². The van der Waals surface area contributed by atoms with Gasteiger partial charge in [0.25, 0.3) is 5.91 Å². The van der Waals surface area contributed by atoms with Crippen LogP contribution in [0.1, 0.15) is 36.2 Å². The molecule has 29 heavy (non-hydrogen) atoms. The molecule has 0 unspecified atom stereocenters. The Labute approximate surface area is 172 Å². The van der Waals surface area contributed by atoms with Gasteiger partial charge in [-0.1, -0.05) is 37.3 Å². The highest BCUT2D eigenvalue weighted by Crippen LogP contribution is 2.37. The Morgan fingerprint density at radius 2 is 1.69 bits per heavy atom. The first kappa shape index (κ1) is 22.5. The highest BCUT2D eigenvalue weighted by atomic mass is 32.2. The van der Waals surface area contributed by atoms with E-state index in [1.54, 1.807) is 0 Å². The SMILES string of the molecule is CC[C@@H](C)NC(=O)c1cc(OC)c(OC)cc1N(Cc1ccccc1)S(C)(=O)=O. The Bertz CT molecular complexity index is 945.